The van der Waals surface area contributed by atoms with Crippen molar-refractivity contribution in [2.45, 2.75) is 44.1 Å². The van der Waals surface area contributed by atoms with Gasteiger partial charge in [-0.15, -0.1) is 0 Å². The summed E-state index contributed by atoms with van der Waals surface area (Å²) in [5, 5.41) is 36.5. The first-order valence-electron chi connectivity index (χ1n) is 3.95. The second-order valence-corrected chi connectivity index (χ2v) is 2.95. The Morgan fingerprint density at radius 2 is 1.58 bits per heavy atom. The van der Waals surface area contributed by atoms with Crippen molar-refractivity contribution in [2.75, 3.05) is 0 Å². The average Bonchev–Trinajstić information content (AvgIpc) is 2.08. The minimum absolute atomic E-state index is 0.474. The van der Waals surface area contributed by atoms with Crippen LogP contribution >= 0.6 is 0 Å². The predicted molar refractivity (Wildman–Crippen MR) is 39.2 cm³/mol. The van der Waals surface area contributed by atoms with E-state index in [9.17, 15) is 10.2 Å². The van der Waals surface area contributed by atoms with Crippen LogP contribution in [0.3, 0.4) is 0 Å². The second-order valence-electron chi connectivity index (χ2n) is 2.95. The van der Waals surface area contributed by atoms with Crippen LogP contribution in [0, 0.1) is 0 Å². The highest BCUT2D eigenvalue weighted by molar-refractivity contribution is 4.87. The predicted octanol–water partition coefficient (Wildman–Crippen LogP) is -1.80. The van der Waals surface area contributed by atoms with Gasteiger partial charge in [-0.25, -0.2) is 0 Å². The van der Waals surface area contributed by atoms with Gasteiger partial charge in [0.15, 0.2) is 6.29 Å². The third-order valence-electron chi connectivity index (χ3n) is 2.09. The molecule has 0 amide bonds. The van der Waals surface area contributed by atoms with Crippen LogP contribution in [0.2, 0.25) is 0 Å². The molecule has 0 bridgehead atoms. The van der Waals surface area contributed by atoms with E-state index in [1.807, 2.05) is 0 Å². The molecular formula is C7H14O5. The van der Waals surface area contributed by atoms with E-state index < -0.39 is 30.7 Å². The lowest BCUT2D eigenvalue weighted by Gasteiger charge is -2.37. The van der Waals surface area contributed by atoms with Crippen molar-refractivity contribution in [2.24, 2.45) is 0 Å². The third-order valence-corrected chi connectivity index (χ3v) is 2.09. The SMILES string of the molecule is CC[C@@H]1O[C@H](O)[C@@H](O)[C@H](O)[C@H]1O. The fourth-order valence-corrected chi connectivity index (χ4v) is 1.27. The summed E-state index contributed by atoms with van der Waals surface area (Å²) in [6.45, 7) is 1.75. The molecule has 1 fully saturated rings. The fraction of sp³-hybridized carbons (Fsp3) is 1.00. The molecular weight excluding hydrogens is 164 g/mol. The minimum Gasteiger partial charge on any atom is -0.388 e. The summed E-state index contributed by atoms with van der Waals surface area (Å²) in [6, 6.07) is 0. The number of rotatable bonds is 1. The van der Waals surface area contributed by atoms with Crippen LogP contribution < -0.4 is 0 Å². The van der Waals surface area contributed by atoms with Gasteiger partial charge in [-0.1, -0.05) is 6.92 Å². The molecule has 0 unspecified atom stereocenters. The molecule has 4 N–H and O–H groups in total. The van der Waals surface area contributed by atoms with E-state index in [1.165, 1.54) is 0 Å². The Hall–Kier alpha value is -0.200. The number of aliphatic hydroxyl groups excluding tert-OH is 4. The molecule has 5 heteroatoms. The van der Waals surface area contributed by atoms with Gasteiger partial charge in [0, 0.05) is 0 Å². The molecule has 0 spiro atoms. The zero-order valence-electron chi connectivity index (χ0n) is 6.79. The Morgan fingerprint density at radius 1 is 1.00 bits per heavy atom. The van der Waals surface area contributed by atoms with E-state index in [0.29, 0.717) is 6.42 Å². The van der Waals surface area contributed by atoms with Gasteiger partial charge in [-0.2, -0.15) is 0 Å². The maximum absolute atomic E-state index is 9.28. The van der Waals surface area contributed by atoms with Gasteiger partial charge in [0.25, 0.3) is 0 Å². The summed E-state index contributed by atoms with van der Waals surface area (Å²) in [5.74, 6) is 0. The van der Waals surface area contributed by atoms with Crippen LogP contribution in [0.25, 0.3) is 0 Å². The second kappa shape index (κ2) is 3.68. The molecule has 5 atom stereocenters. The number of aliphatic hydroxyl groups is 4. The number of ether oxygens (including phenoxy) is 1. The Balaban J connectivity index is 2.63. The lowest BCUT2D eigenvalue weighted by atomic mass is 9.97. The van der Waals surface area contributed by atoms with E-state index in [1.54, 1.807) is 6.92 Å². The van der Waals surface area contributed by atoms with Crippen molar-refractivity contribution in [3.63, 3.8) is 0 Å². The topological polar surface area (TPSA) is 90.2 Å². The van der Waals surface area contributed by atoms with Crippen LogP contribution in [0.15, 0.2) is 0 Å². The van der Waals surface area contributed by atoms with Crippen LogP contribution in [-0.4, -0.2) is 51.1 Å². The lowest BCUT2D eigenvalue weighted by molar-refractivity contribution is -0.281. The molecule has 0 radical (unpaired) electrons. The summed E-state index contributed by atoms with van der Waals surface area (Å²) in [5.41, 5.74) is 0. The molecule has 0 aromatic carbocycles. The van der Waals surface area contributed by atoms with Crippen molar-refractivity contribution >= 4 is 0 Å². The fourth-order valence-electron chi connectivity index (χ4n) is 1.27. The molecule has 0 aliphatic carbocycles. The highest BCUT2D eigenvalue weighted by Gasteiger charge is 2.41. The zero-order valence-corrected chi connectivity index (χ0v) is 6.79. The van der Waals surface area contributed by atoms with Crippen molar-refractivity contribution in [1.29, 1.82) is 0 Å². The first-order chi connectivity index (χ1) is 5.57. The summed E-state index contributed by atoms with van der Waals surface area (Å²) >= 11 is 0. The molecule has 5 nitrogen and oxygen atoms in total. The monoisotopic (exact) mass is 178 g/mol. The summed E-state index contributed by atoms with van der Waals surface area (Å²) in [6.07, 6.45) is -5.44. The first kappa shape index (κ1) is 9.88. The smallest absolute Gasteiger partial charge is 0.183 e. The highest BCUT2D eigenvalue weighted by Crippen LogP contribution is 2.21. The van der Waals surface area contributed by atoms with Gasteiger partial charge < -0.3 is 25.2 Å². The molecule has 1 rings (SSSR count). The molecule has 72 valence electrons. The Morgan fingerprint density at radius 3 is 2.08 bits per heavy atom. The van der Waals surface area contributed by atoms with Crippen molar-refractivity contribution in [3.8, 4) is 0 Å². The molecule has 0 saturated carbocycles. The van der Waals surface area contributed by atoms with Crippen LogP contribution in [0.1, 0.15) is 13.3 Å². The zero-order chi connectivity index (χ0) is 9.30. The molecule has 1 heterocycles. The number of hydrogen-bond acceptors (Lipinski definition) is 5. The first-order valence-corrected chi connectivity index (χ1v) is 3.95. The molecule has 0 aromatic rings. The lowest BCUT2D eigenvalue weighted by Crippen LogP contribution is -2.57. The van der Waals surface area contributed by atoms with Crippen LogP contribution in [0.4, 0.5) is 0 Å². The molecule has 1 saturated heterocycles. The van der Waals surface area contributed by atoms with E-state index in [-0.39, 0.29) is 0 Å². The normalized spacial score (nSPS) is 49.2. The van der Waals surface area contributed by atoms with Crippen LogP contribution in [-0.2, 0) is 4.74 Å². The largest absolute Gasteiger partial charge is 0.388 e. The standard InChI is InChI=1S/C7H14O5/c1-2-3-4(8)5(9)6(10)7(11)12-3/h3-11H,2H2,1H3/t3-,4-,5+,6-,7-/m0/s1. The highest BCUT2D eigenvalue weighted by atomic mass is 16.6. The number of hydrogen-bond donors (Lipinski definition) is 4. The molecule has 1 aliphatic heterocycles. The van der Waals surface area contributed by atoms with Crippen molar-refractivity contribution in [3.05, 3.63) is 0 Å². The van der Waals surface area contributed by atoms with Gasteiger partial charge in [-0.3, -0.25) is 0 Å². The molecule has 12 heavy (non-hydrogen) atoms. The van der Waals surface area contributed by atoms with Crippen molar-refractivity contribution in [1.82, 2.24) is 0 Å². The maximum atomic E-state index is 9.28. The van der Waals surface area contributed by atoms with Gasteiger partial charge in [-0.05, 0) is 6.42 Å². The van der Waals surface area contributed by atoms with Crippen molar-refractivity contribution < 1.29 is 25.2 Å². The molecule has 1 aliphatic rings. The van der Waals surface area contributed by atoms with Gasteiger partial charge >= 0.3 is 0 Å². The van der Waals surface area contributed by atoms with E-state index in [2.05, 4.69) is 0 Å². The maximum Gasteiger partial charge on any atom is 0.183 e. The quantitative estimate of drug-likeness (QED) is 0.380. The average molecular weight is 178 g/mol. The van der Waals surface area contributed by atoms with Crippen LogP contribution in [0.5, 0.6) is 0 Å². The third kappa shape index (κ3) is 1.60. The molecule has 0 aromatic heterocycles. The summed E-state index contributed by atoms with van der Waals surface area (Å²) in [7, 11) is 0. The summed E-state index contributed by atoms with van der Waals surface area (Å²) < 4.78 is 4.83. The van der Waals surface area contributed by atoms with E-state index in [4.69, 9.17) is 14.9 Å². The van der Waals surface area contributed by atoms with E-state index >= 15 is 0 Å². The van der Waals surface area contributed by atoms with Gasteiger partial charge in [0.2, 0.25) is 0 Å². The van der Waals surface area contributed by atoms with Gasteiger partial charge in [0.05, 0.1) is 6.10 Å². The van der Waals surface area contributed by atoms with E-state index in [0.717, 1.165) is 0 Å². The van der Waals surface area contributed by atoms with Gasteiger partial charge in [0.1, 0.15) is 18.3 Å². The Labute approximate surface area is 70.2 Å². The summed E-state index contributed by atoms with van der Waals surface area (Å²) in [4.78, 5) is 0. The Bertz CT molecular complexity index is 146. The minimum atomic E-state index is -1.43. The Kier molecular flexibility index (Phi) is 3.03.